The Hall–Kier alpha value is -3.49. The number of carbonyl (C=O) groups is 1. The first-order valence-corrected chi connectivity index (χ1v) is 8.58. The van der Waals surface area contributed by atoms with Gasteiger partial charge in [0.05, 0.1) is 37.0 Å². The number of cyclic esters (lactones) is 1. The molecule has 1 aromatic carbocycles. The molecule has 1 atom stereocenters. The third-order valence-corrected chi connectivity index (χ3v) is 5.19. The molecule has 2 aromatic rings. The van der Waals surface area contributed by atoms with Crippen LogP contribution in [0.3, 0.4) is 0 Å². The largest absolute Gasteiger partial charge is 0.497 e. The molecule has 1 N–H and O–H groups in total. The number of nitrogens with one attached hydrogen (secondary N) is 1. The summed E-state index contributed by atoms with van der Waals surface area (Å²) in [6.45, 7) is 0.0476. The van der Waals surface area contributed by atoms with Gasteiger partial charge < -0.3 is 19.5 Å². The highest BCUT2D eigenvalue weighted by Gasteiger charge is 2.42. The first-order valence-electron chi connectivity index (χ1n) is 8.58. The zero-order valence-corrected chi connectivity index (χ0v) is 15.9. The summed E-state index contributed by atoms with van der Waals surface area (Å²) in [4.78, 5) is 38.0. The number of carbonyl (C=O) groups excluding carboxylic acids is 1. The molecule has 2 aliphatic heterocycles. The smallest absolute Gasteiger partial charge is 0.337 e. The van der Waals surface area contributed by atoms with Crippen LogP contribution in [0.5, 0.6) is 11.5 Å². The standard InChI is InChI=1S/C19H19N3O6/c1-21-16-15(17(23)22(2)19(21)25)13(14-11(20-16)8-28-18(14)24)10-6-5-9(26-3)7-12(10)27-4/h5-7,13,20H,8H2,1-4H3/t13-/m1/s1. The fourth-order valence-electron chi connectivity index (χ4n) is 3.75. The second kappa shape index (κ2) is 6.29. The fourth-order valence-corrected chi connectivity index (χ4v) is 3.75. The number of rotatable bonds is 3. The quantitative estimate of drug-likeness (QED) is 0.767. The van der Waals surface area contributed by atoms with Crippen molar-refractivity contribution >= 4 is 11.8 Å². The Labute approximate surface area is 159 Å². The van der Waals surface area contributed by atoms with Gasteiger partial charge in [0.2, 0.25) is 0 Å². The maximum Gasteiger partial charge on any atom is 0.337 e. The average Bonchev–Trinajstić information content (AvgIpc) is 3.09. The van der Waals surface area contributed by atoms with Gasteiger partial charge in [0, 0.05) is 25.7 Å². The van der Waals surface area contributed by atoms with Gasteiger partial charge in [-0.2, -0.15) is 0 Å². The summed E-state index contributed by atoms with van der Waals surface area (Å²) in [5, 5.41) is 3.04. The molecule has 0 amide bonds. The number of hydrogen-bond donors (Lipinski definition) is 1. The molecule has 3 heterocycles. The molecule has 28 heavy (non-hydrogen) atoms. The highest BCUT2D eigenvalue weighted by Crippen LogP contribution is 2.45. The van der Waals surface area contributed by atoms with E-state index in [2.05, 4.69) is 5.32 Å². The molecule has 9 nitrogen and oxygen atoms in total. The molecule has 1 aromatic heterocycles. The molecule has 0 aliphatic carbocycles. The van der Waals surface area contributed by atoms with Crippen LogP contribution < -0.4 is 26.0 Å². The highest BCUT2D eigenvalue weighted by molar-refractivity contribution is 5.97. The lowest BCUT2D eigenvalue weighted by molar-refractivity contribution is -0.136. The van der Waals surface area contributed by atoms with Crippen molar-refractivity contribution < 1.29 is 19.0 Å². The third kappa shape index (κ3) is 2.35. The first kappa shape index (κ1) is 17.9. The van der Waals surface area contributed by atoms with Crippen LogP contribution >= 0.6 is 0 Å². The van der Waals surface area contributed by atoms with E-state index in [4.69, 9.17) is 14.2 Å². The summed E-state index contributed by atoms with van der Waals surface area (Å²) in [5.41, 5.74) is 0.805. The Kier molecular flexibility index (Phi) is 4.02. The summed E-state index contributed by atoms with van der Waals surface area (Å²) < 4.78 is 18.3. The summed E-state index contributed by atoms with van der Waals surface area (Å²) >= 11 is 0. The highest BCUT2D eigenvalue weighted by atomic mass is 16.5. The summed E-state index contributed by atoms with van der Waals surface area (Å²) in [6.07, 6.45) is 0. The van der Waals surface area contributed by atoms with Crippen LogP contribution in [0.1, 0.15) is 17.0 Å². The van der Waals surface area contributed by atoms with Crippen molar-refractivity contribution in [1.29, 1.82) is 0 Å². The van der Waals surface area contributed by atoms with E-state index in [0.29, 0.717) is 34.2 Å². The number of hydrogen-bond acceptors (Lipinski definition) is 7. The molecule has 0 spiro atoms. The number of nitrogens with zero attached hydrogens (tertiary/aromatic N) is 2. The molecule has 0 bridgehead atoms. The number of anilines is 1. The van der Waals surface area contributed by atoms with Gasteiger partial charge in [-0.1, -0.05) is 6.07 Å². The minimum absolute atomic E-state index is 0.0476. The molecule has 0 unspecified atom stereocenters. The van der Waals surface area contributed by atoms with Crippen LogP contribution in [0.25, 0.3) is 0 Å². The first-order chi connectivity index (χ1) is 13.4. The molecule has 9 heteroatoms. The van der Waals surface area contributed by atoms with E-state index in [-0.39, 0.29) is 12.2 Å². The van der Waals surface area contributed by atoms with E-state index in [1.54, 1.807) is 25.2 Å². The number of methoxy groups -OCH3 is 2. The third-order valence-electron chi connectivity index (χ3n) is 5.19. The Morgan fingerprint density at radius 3 is 2.54 bits per heavy atom. The average molecular weight is 385 g/mol. The van der Waals surface area contributed by atoms with E-state index in [1.807, 2.05) is 0 Å². The predicted octanol–water partition coefficient (Wildman–Crippen LogP) is 0.469. The fraction of sp³-hybridized carbons (Fsp3) is 0.316. The maximum absolute atomic E-state index is 13.1. The SMILES string of the molecule is COc1ccc([C@@H]2C3=C(COC3=O)Nc3c2c(=O)n(C)c(=O)n3C)c(OC)c1. The lowest BCUT2D eigenvalue weighted by Gasteiger charge is -2.29. The lowest BCUT2D eigenvalue weighted by atomic mass is 9.82. The molecule has 146 valence electrons. The second-order valence-electron chi connectivity index (χ2n) is 6.60. The Morgan fingerprint density at radius 2 is 1.86 bits per heavy atom. The lowest BCUT2D eigenvalue weighted by Crippen LogP contribution is -2.43. The molecule has 0 saturated carbocycles. The molecular formula is C19H19N3O6. The zero-order valence-electron chi connectivity index (χ0n) is 15.9. The van der Waals surface area contributed by atoms with Crippen molar-refractivity contribution in [2.24, 2.45) is 14.1 Å². The number of benzene rings is 1. The van der Waals surface area contributed by atoms with Crippen molar-refractivity contribution in [3.8, 4) is 11.5 Å². The molecular weight excluding hydrogens is 366 g/mol. The second-order valence-corrected chi connectivity index (χ2v) is 6.60. The van der Waals surface area contributed by atoms with Crippen LogP contribution in [-0.4, -0.2) is 35.9 Å². The number of esters is 1. The molecule has 0 radical (unpaired) electrons. The number of ether oxygens (including phenoxy) is 3. The molecule has 4 rings (SSSR count). The van der Waals surface area contributed by atoms with E-state index < -0.39 is 23.1 Å². The van der Waals surface area contributed by atoms with Crippen LogP contribution in [-0.2, 0) is 23.6 Å². The van der Waals surface area contributed by atoms with Crippen LogP contribution in [0, 0.1) is 0 Å². The van der Waals surface area contributed by atoms with Gasteiger partial charge in [-0.3, -0.25) is 13.9 Å². The Bertz CT molecular complexity index is 1160. The topological polar surface area (TPSA) is 101 Å². The van der Waals surface area contributed by atoms with Gasteiger partial charge in [-0.05, 0) is 6.07 Å². The zero-order chi connectivity index (χ0) is 20.2. The van der Waals surface area contributed by atoms with Crippen molar-refractivity contribution in [3.63, 3.8) is 0 Å². The van der Waals surface area contributed by atoms with Crippen molar-refractivity contribution in [1.82, 2.24) is 9.13 Å². The van der Waals surface area contributed by atoms with Gasteiger partial charge in [0.1, 0.15) is 23.9 Å². The Balaban J connectivity index is 2.08. The minimum Gasteiger partial charge on any atom is -0.497 e. The van der Waals surface area contributed by atoms with E-state index in [1.165, 1.54) is 25.8 Å². The molecule has 2 aliphatic rings. The van der Waals surface area contributed by atoms with Crippen LogP contribution in [0.2, 0.25) is 0 Å². The number of fused-ring (bicyclic) bond motifs is 1. The van der Waals surface area contributed by atoms with Crippen LogP contribution in [0.15, 0.2) is 39.1 Å². The van der Waals surface area contributed by atoms with Crippen molar-refractivity contribution in [2.45, 2.75) is 5.92 Å². The molecule has 0 fully saturated rings. The summed E-state index contributed by atoms with van der Waals surface area (Å²) in [5.74, 6) is 0.124. The summed E-state index contributed by atoms with van der Waals surface area (Å²) in [7, 11) is 6.01. The monoisotopic (exact) mass is 385 g/mol. The van der Waals surface area contributed by atoms with Gasteiger partial charge in [0.15, 0.2) is 0 Å². The number of aromatic nitrogens is 2. The van der Waals surface area contributed by atoms with E-state index >= 15 is 0 Å². The Morgan fingerprint density at radius 1 is 1.11 bits per heavy atom. The van der Waals surface area contributed by atoms with E-state index in [0.717, 1.165) is 4.57 Å². The van der Waals surface area contributed by atoms with Crippen LogP contribution in [0.4, 0.5) is 5.82 Å². The molecule has 0 saturated heterocycles. The maximum atomic E-state index is 13.1. The normalized spacial score (nSPS) is 17.6. The van der Waals surface area contributed by atoms with Gasteiger partial charge in [0.25, 0.3) is 5.56 Å². The van der Waals surface area contributed by atoms with Crippen molar-refractivity contribution in [3.05, 3.63) is 61.4 Å². The van der Waals surface area contributed by atoms with E-state index in [9.17, 15) is 14.4 Å². The van der Waals surface area contributed by atoms with Crippen molar-refractivity contribution in [2.75, 3.05) is 26.1 Å². The predicted molar refractivity (Wildman–Crippen MR) is 99.9 cm³/mol. The van der Waals surface area contributed by atoms with Gasteiger partial charge in [-0.15, -0.1) is 0 Å². The summed E-state index contributed by atoms with van der Waals surface area (Å²) in [6, 6.07) is 5.16. The van der Waals surface area contributed by atoms with Gasteiger partial charge >= 0.3 is 11.7 Å². The van der Waals surface area contributed by atoms with Gasteiger partial charge in [-0.25, -0.2) is 9.59 Å². The minimum atomic E-state index is -0.743.